The molecule has 0 amide bonds. The van der Waals surface area contributed by atoms with Crippen LogP contribution in [0.1, 0.15) is 43.0 Å². The van der Waals surface area contributed by atoms with Crippen molar-refractivity contribution in [2.45, 2.75) is 36.6 Å². The highest BCUT2D eigenvalue weighted by Crippen LogP contribution is 2.45. The van der Waals surface area contributed by atoms with Crippen molar-refractivity contribution in [2.24, 2.45) is 0 Å². The molecule has 30 heavy (non-hydrogen) atoms. The summed E-state index contributed by atoms with van der Waals surface area (Å²) in [6.45, 7) is 4.30. The van der Waals surface area contributed by atoms with E-state index in [-0.39, 0.29) is 16.4 Å². The van der Waals surface area contributed by atoms with Crippen LogP contribution < -0.4 is 10.0 Å². The predicted octanol–water partition coefficient (Wildman–Crippen LogP) is 5.19. The van der Waals surface area contributed by atoms with Crippen molar-refractivity contribution in [1.82, 2.24) is 0 Å². The van der Waals surface area contributed by atoms with Crippen molar-refractivity contribution in [1.29, 1.82) is 5.26 Å². The first-order valence-electron chi connectivity index (χ1n) is 9.78. The Morgan fingerprint density at radius 3 is 2.47 bits per heavy atom. The minimum atomic E-state index is -3.69. The molecule has 152 valence electrons. The van der Waals surface area contributed by atoms with Crippen LogP contribution in [0.15, 0.2) is 77.7 Å². The summed E-state index contributed by atoms with van der Waals surface area (Å²) in [6, 6.07) is 23.6. The third kappa shape index (κ3) is 3.77. The van der Waals surface area contributed by atoms with Gasteiger partial charge >= 0.3 is 0 Å². The number of sulfonamides is 1. The van der Waals surface area contributed by atoms with E-state index < -0.39 is 10.0 Å². The van der Waals surface area contributed by atoms with E-state index in [1.54, 1.807) is 42.5 Å². The number of hydrogen-bond donors (Lipinski definition) is 2. The molecule has 1 unspecified atom stereocenters. The first kappa shape index (κ1) is 20.0. The summed E-state index contributed by atoms with van der Waals surface area (Å²) in [7, 11) is -3.69. The number of benzene rings is 3. The van der Waals surface area contributed by atoms with Crippen LogP contribution in [0.3, 0.4) is 0 Å². The Bertz CT molecular complexity index is 1230. The van der Waals surface area contributed by atoms with Gasteiger partial charge in [0, 0.05) is 5.69 Å². The van der Waals surface area contributed by atoms with E-state index in [4.69, 9.17) is 0 Å². The van der Waals surface area contributed by atoms with Crippen molar-refractivity contribution >= 4 is 21.4 Å². The molecule has 3 aromatic carbocycles. The van der Waals surface area contributed by atoms with Crippen LogP contribution in [0, 0.1) is 11.3 Å². The highest BCUT2D eigenvalue weighted by molar-refractivity contribution is 7.92. The van der Waals surface area contributed by atoms with Gasteiger partial charge in [-0.15, -0.1) is 0 Å². The minimum absolute atomic E-state index is 0.0740. The Morgan fingerprint density at radius 2 is 1.73 bits per heavy atom. The molecule has 0 saturated heterocycles. The Hall–Kier alpha value is -3.30. The number of rotatable bonds is 4. The average Bonchev–Trinajstić information content (AvgIpc) is 2.74. The number of nitrogens with zero attached hydrogens (tertiary/aromatic N) is 1. The van der Waals surface area contributed by atoms with Crippen molar-refractivity contribution in [3.63, 3.8) is 0 Å². The summed E-state index contributed by atoms with van der Waals surface area (Å²) in [4.78, 5) is 0.228. The highest BCUT2D eigenvalue weighted by Gasteiger charge is 2.34. The molecule has 1 atom stereocenters. The normalized spacial score (nSPS) is 17.3. The molecule has 0 fully saturated rings. The van der Waals surface area contributed by atoms with Crippen molar-refractivity contribution in [2.75, 3.05) is 10.0 Å². The lowest BCUT2D eigenvalue weighted by molar-refractivity contribution is 0.427. The van der Waals surface area contributed by atoms with E-state index in [0.717, 1.165) is 23.2 Å². The topological polar surface area (TPSA) is 82.0 Å². The van der Waals surface area contributed by atoms with Crippen molar-refractivity contribution < 1.29 is 8.42 Å². The van der Waals surface area contributed by atoms with Gasteiger partial charge in [0.05, 0.1) is 28.3 Å². The lowest BCUT2D eigenvalue weighted by Gasteiger charge is -2.39. The van der Waals surface area contributed by atoms with E-state index in [0.29, 0.717) is 11.3 Å². The zero-order chi connectivity index (χ0) is 21.4. The standard InChI is InChI=1S/C24H23N3O2S/c1-24(2)15-23(26-22-13-12-17(16-25)14-20(22)24)19-10-6-7-11-21(19)27-30(28,29)18-8-4-3-5-9-18/h3-14,23,26-27H,15H2,1-2H3. The number of hydrogen-bond acceptors (Lipinski definition) is 4. The van der Waals surface area contributed by atoms with Gasteiger partial charge in [0.1, 0.15) is 0 Å². The molecule has 1 aliphatic rings. The molecule has 0 radical (unpaired) electrons. The van der Waals surface area contributed by atoms with Crippen LogP contribution in [0.5, 0.6) is 0 Å². The third-order valence-electron chi connectivity index (χ3n) is 5.56. The largest absolute Gasteiger partial charge is 0.378 e. The Kier molecular flexibility index (Phi) is 5.00. The molecule has 0 saturated carbocycles. The summed E-state index contributed by atoms with van der Waals surface area (Å²) in [5.74, 6) is 0. The second-order valence-electron chi connectivity index (χ2n) is 8.16. The van der Waals surface area contributed by atoms with Gasteiger partial charge in [-0.2, -0.15) is 5.26 Å². The third-order valence-corrected chi connectivity index (χ3v) is 6.94. The molecule has 4 rings (SSSR count). The van der Waals surface area contributed by atoms with Gasteiger partial charge in [-0.25, -0.2) is 8.42 Å². The zero-order valence-corrected chi connectivity index (χ0v) is 17.7. The van der Waals surface area contributed by atoms with Crippen molar-refractivity contribution in [3.05, 3.63) is 89.5 Å². The first-order chi connectivity index (χ1) is 14.3. The van der Waals surface area contributed by atoms with Crippen molar-refractivity contribution in [3.8, 4) is 6.07 Å². The Balaban J connectivity index is 1.70. The van der Waals surface area contributed by atoms with E-state index in [1.807, 2.05) is 30.3 Å². The van der Waals surface area contributed by atoms with Crippen LogP contribution in [-0.2, 0) is 15.4 Å². The minimum Gasteiger partial charge on any atom is -0.378 e. The molecule has 2 N–H and O–H groups in total. The Labute approximate surface area is 177 Å². The number of nitrogens with one attached hydrogen (secondary N) is 2. The summed E-state index contributed by atoms with van der Waals surface area (Å²) in [6.07, 6.45) is 0.763. The van der Waals surface area contributed by atoms with E-state index >= 15 is 0 Å². The van der Waals surface area contributed by atoms with Gasteiger partial charge in [0.25, 0.3) is 10.0 Å². The maximum absolute atomic E-state index is 12.9. The van der Waals surface area contributed by atoms with Crippen LogP contribution >= 0.6 is 0 Å². The molecule has 0 aromatic heterocycles. The van der Waals surface area contributed by atoms with Crippen LogP contribution in [0.25, 0.3) is 0 Å². The fraction of sp³-hybridized carbons (Fsp3) is 0.208. The SMILES string of the molecule is CC1(C)CC(c2ccccc2NS(=O)(=O)c2ccccc2)Nc2ccc(C#N)cc21. The highest BCUT2D eigenvalue weighted by atomic mass is 32.2. The average molecular weight is 418 g/mol. The van der Waals surface area contributed by atoms with Crippen LogP contribution in [0.2, 0.25) is 0 Å². The summed E-state index contributed by atoms with van der Waals surface area (Å²) < 4.78 is 28.5. The number of anilines is 2. The van der Waals surface area contributed by atoms with Gasteiger partial charge in [0.2, 0.25) is 0 Å². The molecule has 0 aliphatic carbocycles. The molecule has 5 nitrogen and oxygen atoms in total. The molecule has 6 heteroatoms. The maximum atomic E-state index is 12.9. The van der Waals surface area contributed by atoms with E-state index in [2.05, 4.69) is 30.0 Å². The number of fused-ring (bicyclic) bond motifs is 1. The summed E-state index contributed by atoms with van der Waals surface area (Å²) in [5.41, 5.74) is 3.98. The number of nitriles is 1. The molecule has 1 aliphatic heterocycles. The van der Waals surface area contributed by atoms with Crippen LogP contribution in [0.4, 0.5) is 11.4 Å². The van der Waals surface area contributed by atoms with Gasteiger partial charge in [-0.3, -0.25) is 4.72 Å². The quantitative estimate of drug-likeness (QED) is 0.612. The van der Waals surface area contributed by atoms with Gasteiger partial charge < -0.3 is 5.32 Å². The zero-order valence-electron chi connectivity index (χ0n) is 16.9. The molecule has 1 heterocycles. The Morgan fingerprint density at radius 1 is 1.03 bits per heavy atom. The van der Waals surface area contributed by atoms with Crippen LogP contribution in [-0.4, -0.2) is 8.42 Å². The molecular formula is C24H23N3O2S. The van der Waals surface area contributed by atoms with E-state index in [1.165, 1.54) is 0 Å². The summed E-state index contributed by atoms with van der Waals surface area (Å²) >= 11 is 0. The predicted molar refractivity (Wildman–Crippen MR) is 119 cm³/mol. The molecule has 3 aromatic rings. The fourth-order valence-electron chi connectivity index (χ4n) is 4.04. The number of para-hydroxylation sites is 1. The monoisotopic (exact) mass is 417 g/mol. The van der Waals surface area contributed by atoms with Gasteiger partial charge in [0.15, 0.2) is 0 Å². The summed E-state index contributed by atoms with van der Waals surface area (Å²) in [5, 5.41) is 12.8. The second kappa shape index (κ2) is 7.51. The molecule has 0 spiro atoms. The molecular weight excluding hydrogens is 394 g/mol. The first-order valence-corrected chi connectivity index (χ1v) is 11.3. The van der Waals surface area contributed by atoms with Gasteiger partial charge in [-0.1, -0.05) is 50.2 Å². The lowest BCUT2D eigenvalue weighted by atomic mass is 9.73. The van der Waals surface area contributed by atoms with Gasteiger partial charge in [-0.05, 0) is 59.4 Å². The fourth-order valence-corrected chi connectivity index (χ4v) is 5.15. The second-order valence-corrected chi connectivity index (χ2v) is 9.85. The smallest absolute Gasteiger partial charge is 0.261 e. The van der Waals surface area contributed by atoms with E-state index in [9.17, 15) is 13.7 Å². The molecule has 0 bridgehead atoms. The lowest BCUT2D eigenvalue weighted by Crippen LogP contribution is -2.31. The maximum Gasteiger partial charge on any atom is 0.261 e.